The van der Waals surface area contributed by atoms with Gasteiger partial charge in [-0.2, -0.15) is 4.31 Å². The van der Waals surface area contributed by atoms with Gasteiger partial charge in [0.05, 0.1) is 15.7 Å². The fraction of sp³-hybridized carbons (Fsp3) is 0.458. The third-order valence-corrected chi connectivity index (χ3v) is 10.1. The van der Waals surface area contributed by atoms with E-state index in [1.165, 1.54) is 30.5 Å². The predicted octanol–water partition coefficient (Wildman–Crippen LogP) is 2.58. The second kappa shape index (κ2) is 10.2. The van der Waals surface area contributed by atoms with Crippen LogP contribution in [0.2, 0.25) is 0 Å². The van der Waals surface area contributed by atoms with Crippen LogP contribution in [0.4, 0.5) is 0 Å². The molecule has 0 saturated carbocycles. The van der Waals surface area contributed by atoms with Crippen molar-refractivity contribution in [3.63, 3.8) is 0 Å². The van der Waals surface area contributed by atoms with E-state index in [2.05, 4.69) is 5.32 Å². The predicted molar refractivity (Wildman–Crippen MR) is 131 cm³/mol. The summed E-state index contributed by atoms with van der Waals surface area (Å²) in [5.74, 6) is -0.648. The zero-order valence-electron chi connectivity index (χ0n) is 20.3. The molecular formula is C24H33N3O5S2. The molecule has 0 radical (unpaired) electrons. The topological polar surface area (TPSA) is 104 Å². The first-order valence-electron chi connectivity index (χ1n) is 11.2. The van der Waals surface area contributed by atoms with Gasteiger partial charge in [0, 0.05) is 33.7 Å². The Bertz CT molecular complexity index is 1250. The van der Waals surface area contributed by atoms with Gasteiger partial charge in [-0.3, -0.25) is 4.79 Å². The molecule has 2 aromatic carbocycles. The molecule has 0 bridgehead atoms. The Hall–Kier alpha value is -2.27. The summed E-state index contributed by atoms with van der Waals surface area (Å²) >= 11 is 0. The monoisotopic (exact) mass is 507 g/mol. The van der Waals surface area contributed by atoms with Gasteiger partial charge < -0.3 is 5.32 Å². The molecule has 1 heterocycles. The third-order valence-electron chi connectivity index (χ3n) is 6.13. The normalized spacial score (nSPS) is 17.6. The number of rotatable bonds is 7. The standard InChI is InChI=1S/C24H33N3O5S2/c1-17-13-18(2)23(19(3)14-17)34(31,32)27-12-6-7-21(16-27)24(28)25-15-20-8-10-22(11-9-20)33(29,30)26(4)5/h8-11,13-14,21H,6-7,12,15-16H2,1-5H3,(H,25,28)/t21-/m0/s1. The summed E-state index contributed by atoms with van der Waals surface area (Å²) in [6.45, 7) is 6.31. The molecule has 1 saturated heterocycles. The Balaban J connectivity index is 1.67. The number of benzene rings is 2. The fourth-order valence-corrected chi connectivity index (χ4v) is 7.24. The molecule has 1 aliphatic rings. The molecular weight excluding hydrogens is 474 g/mol. The highest BCUT2D eigenvalue weighted by Gasteiger charge is 2.34. The van der Waals surface area contributed by atoms with E-state index in [1.807, 2.05) is 19.1 Å². The molecule has 0 spiro atoms. The lowest BCUT2D eigenvalue weighted by Crippen LogP contribution is -2.45. The Morgan fingerprint density at radius 1 is 1.03 bits per heavy atom. The molecule has 3 rings (SSSR count). The lowest BCUT2D eigenvalue weighted by atomic mass is 9.99. The first kappa shape index (κ1) is 26.3. The molecule has 1 fully saturated rings. The van der Waals surface area contributed by atoms with Crippen molar-refractivity contribution in [2.24, 2.45) is 5.92 Å². The van der Waals surface area contributed by atoms with Crippen molar-refractivity contribution in [2.75, 3.05) is 27.2 Å². The molecule has 0 aliphatic carbocycles. The quantitative estimate of drug-likeness (QED) is 0.620. The molecule has 8 nitrogen and oxygen atoms in total. The van der Waals surface area contributed by atoms with Crippen molar-refractivity contribution < 1.29 is 21.6 Å². The fourth-order valence-electron chi connectivity index (χ4n) is 4.40. The van der Waals surface area contributed by atoms with Gasteiger partial charge in [0.1, 0.15) is 0 Å². The number of sulfonamides is 2. The van der Waals surface area contributed by atoms with Gasteiger partial charge >= 0.3 is 0 Å². The summed E-state index contributed by atoms with van der Waals surface area (Å²) < 4.78 is 53.7. The summed E-state index contributed by atoms with van der Waals surface area (Å²) in [5, 5.41) is 2.87. The average molecular weight is 508 g/mol. The number of piperidine rings is 1. The van der Waals surface area contributed by atoms with Crippen LogP contribution in [0, 0.1) is 26.7 Å². The van der Waals surface area contributed by atoms with Crippen LogP contribution in [-0.2, 0) is 31.4 Å². The van der Waals surface area contributed by atoms with Crippen molar-refractivity contribution in [1.82, 2.24) is 13.9 Å². The molecule has 1 aliphatic heterocycles. The third kappa shape index (κ3) is 5.51. The summed E-state index contributed by atoms with van der Waals surface area (Å²) in [4.78, 5) is 13.3. The molecule has 34 heavy (non-hydrogen) atoms. The molecule has 1 N–H and O–H groups in total. The van der Waals surface area contributed by atoms with Gasteiger partial charge in [-0.1, -0.05) is 29.8 Å². The maximum atomic E-state index is 13.4. The molecule has 0 aromatic heterocycles. The van der Waals surface area contributed by atoms with Crippen LogP contribution < -0.4 is 5.32 Å². The summed E-state index contributed by atoms with van der Waals surface area (Å²) in [7, 11) is -4.28. The zero-order valence-corrected chi connectivity index (χ0v) is 22.0. The SMILES string of the molecule is Cc1cc(C)c(S(=O)(=O)N2CCC[C@H](C(=O)NCc3ccc(S(=O)(=O)N(C)C)cc3)C2)c(C)c1. The smallest absolute Gasteiger partial charge is 0.243 e. The number of hydrogen-bond acceptors (Lipinski definition) is 5. The summed E-state index contributed by atoms with van der Waals surface area (Å²) in [6.07, 6.45) is 1.22. The Morgan fingerprint density at radius 3 is 2.18 bits per heavy atom. The number of nitrogens with zero attached hydrogens (tertiary/aromatic N) is 2. The molecule has 10 heteroatoms. The highest BCUT2D eigenvalue weighted by atomic mass is 32.2. The van der Waals surface area contributed by atoms with E-state index in [1.54, 1.807) is 26.0 Å². The van der Waals surface area contributed by atoms with Crippen molar-refractivity contribution >= 4 is 26.0 Å². The van der Waals surface area contributed by atoms with Gasteiger partial charge in [0.25, 0.3) is 0 Å². The van der Waals surface area contributed by atoms with E-state index in [4.69, 9.17) is 0 Å². The largest absolute Gasteiger partial charge is 0.352 e. The first-order valence-corrected chi connectivity index (χ1v) is 14.1. The van der Waals surface area contributed by atoms with Gasteiger partial charge in [0.15, 0.2) is 0 Å². The maximum Gasteiger partial charge on any atom is 0.243 e. The number of aryl methyl sites for hydroxylation is 3. The van der Waals surface area contributed by atoms with Crippen LogP contribution in [-0.4, -0.2) is 58.5 Å². The summed E-state index contributed by atoms with van der Waals surface area (Å²) in [6, 6.07) is 10.1. The highest BCUT2D eigenvalue weighted by Crippen LogP contribution is 2.29. The van der Waals surface area contributed by atoms with Crippen LogP contribution in [0.1, 0.15) is 35.1 Å². The first-order chi connectivity index (χ1) is 15.8. The number of hydrogen-bond donors (Lipinski definition) is 1. The van der Waals surface area contributed by atoms with E-state index in [0.29, 0.717) is 35.4 Å². The maximum absolute atomic E-state index is 13.4. The minimum atomic E-state index is -3.71. The lowest BCUT2D eigenvalue weighted by molar-refractivity contribution is -0.126. The molecule has 186 valence electrons. The highest BCUT2D eigenvalue weighted by molar-refractivity contribution is 7.89. The van der Waals surface area contributed by atoms with Crippen molar-refractivity contribution in [3.05, 3.63) is 58.7 Å². The van der Waals surface area contributed by atoms with Crippen LogP contribution in [0.15, 0.2) is 46.2 Å². The number of amides is 1. The number of carbonyl (C=O) groups excluding carboxylic acids is 1. The number of nitrogens with one attached hydrogen (secondary N) is 1. The van der Waals surface area contributed by atoms with Gasteiger partial charge in [-0.25, -0.2) is 21.1 Å². The van der Waals surface area contributed by atoms with Crippen LogP contribution in [0.3, 0.4) is 0 Å². The molecule has 2 aromatic rings. The van der Waals surface area contributed by atoms with E-state index in [9.17, 15) is 21.6 Å². The van der Waals surface area contributed by atoms with E-state index in [0.717, 1.165) is 15.4 Å². The van der Waals surface area contributed by atoms with Crippen LogP contribution >= 0.6 is 0 Å². The van der Waals surface area contributed by atoms with E-state index >= 15 is 0 Å². The molecule has 1 amide bonds. The lowest BCUT2D eigenvalue weighted by Gasteiger charge is -2.32. The zero-order chi connectivity index (χ0) is 25.3. The average Bonchev–Trinajstić information content (AvgIpc) is 2.76. The minimum Gasteiger partial charge on any atom is -0.352 e. The molecule has 1 atom stereocenters. The summed E-state index contributed by atoms with van der Waals surface area (Å²) in [5.41, 5.74) is 3.20. The Kier molecular flexibility index (Phi) is 7.86. The van der Waals surface area contributed by atoms with Crippen molar-refractivity contribution in [2.45, 2.75) is 49.9 Å². The second-order valence-corrected chi connectivity index (χ2v) is 13.1. The Labute approximate surface area is 203 Å². The van der Waals surface area contributed by atoms with Gasteiger partial charge in [-0.05, 0) is 62.4 Å². The van der Waals surface area contributed by atoms with Crippen molar-refractivity contribution in [3.8, 4) is 0 Å². The molecule has 0 unspecified atom stereocenters. The number of carbonyl (C=O) groups is 1. The second-order valence-electron chi connectivity index (χ2n) is 9.08. The Morgan fingerprint density at radius 2 is 1.62 bits per heavy atom. The van der Waals surface area contributed by atoms with E-state index in [-0.39, 0.29) is 23.9 Å². The van der Waals surface area contributed by atoms with Crippen LogP contribution in [0.25, 0.3) is 0 Å². The van der Waals surface area contributed by atoms with Gasteiger partial charge in [0.2, 0.25) is 26.0 Å². The minimum absolute atomic E-state index is 0.140. The van der Waals surface area contributed by atoms with Crippen molar-refractivity contribution in [1.29, 1.82) is 0 Å². The van der Waals surface area contributed by atoms with Gasteiger partial charge in [-0.15, -0.1) is 0 Å². The van der Waals surface area contributed by atoms with Crippen LogP contribution in [0.5, 0.6) is 0 Å². The van der Waals surface area contributed by atoms with E-state index < -0.39 is 26.0 Å².